The maximum absolute atomic E-state index is 12.0. The summed E-state index contributed by atoms with van der Waals surface area (Å²) in [5, 5.41) is 10.1. The minimum atomic E-state index is -0.105. The van der Waals surface area contributed by atoms with E-state index in [1.165, 1.54) is 18.6 Å². The van der Waals surface area contributed by atoms with Gasteiger partial charge in [0, 0.05) is 42.0 Å². The molecule has 1 unspecified atom stereocenters. The van der Waals surface area contributed by atoms with Gasteiger partial charge in [-0.15, -0.1) is 24.0 Å². The van der Waals surface area contributed by atoms with Crippen molar-refractivity contribution in [1.29, 1.82) is 0 Å². The highest BCUT2D eigenvalue weighted by Gasteiger charge is 2.29. The van der Waals surface area contributed by atoms with Gasteiger partial charge >= 0.3 is 0 Å². The second-order valence-corrected chi connectivity index (χ2v) is 8.14. The number of amides is 1. The zero-order valence-electron chi connectivity index (χ0n) is 14.6. The molecule has 0 saturated carbocycles. The Morgan fingerprint density at radius 1 is 1.24 bits per heavy atom. The molecule has 0 aliphatic carbocycles. The summed E-state index contributed by atoms with van der Waals surface area (Å²) in [6.45, 7) is 4.32. The highest BCUT2D eigenvalue weighted by Crippen LogP contribution is 2.36. The van der Waals surface area contributed by atoms with Gasteiger partial charge in [0.25, 0.3) is 5.91 Å². The number of nitrogens with one attached hydrogen (secondary N) is 3. The first-order valence-corrected chi connectivity index (χ1v) is 9.51. The quantitative estimate of drug-likeness (QED) is 0.245. The van der Waals surface area contributed by atoms with Crippen LogP contribution in [0.5, 0.6) is 0 Å². The van der Waals surface area contributed by atoms with E-state index in [2.05, 4.69) is 27.9 Å². The Hall–Kier alpha value is -0.670. The predicted octanol–water partition coefficient (Wildman–Crippen LogP) is 3.14. The van der Waals surface area contributed by atoms with Crippen molar-refractivity contribution in [3.63, 3.8) is 0 Å². The number of benzene rings is 1. The van der Waals surface area contributed by atoms with E-state index in [1.54, 1.807) is 31.3 Å². The average molecular weight is 497 g/mol. The summed E-state index contributed by atoms with van der Waals surface area (Å²) in [5.41, 5.74) is 0.605. The fraction of sp³-hybridized carbons (Fsp3) is 0.529. The second-order valence-electron chi connectivity index (χ2n) is 6.02. The first kappa shape index (κ1) is 22.4. The lowest BCUT2D eigenvalue weighted by Crippen LogP contribution is -2.45. The first-order valence-electron chi connectivity index (χ1n) is 8.15. The topological polar surface area (TPSA) is 65.5 Å². The average Bonchev–Trinajstić information content (AvgIpc) is 3.01. The number of hydrogen-bond acceptors (Lipinski definition) is 3. The van der Waals surface area contributed by atoms with E-state index in [1.807, 2.05) is 11.8 Å². The summed E-state index contributed by atoms with van der Waals surface area (Å²) in [5.74, 6) is 1.90. The molecule has 1 amide bonds. The van der Waals surface area contributed by atoms with Crippen LogP contribution in [0.25, 0.3) is 0 Å². The zero-order valence-corrected chi connectivity index (χ0v) is 18.5. The molecular weight excluding hydrogens is 471 g/mol. The number of hydrogen-bond donors (Lipinski definition) is 3. The molecule has 1 aliphatic heterocycles. The number of carbonyl (C=O) groups is 1. The van der Waals surface area contributed by atoms with Gasteiger partial charge in [0.15, 0.2) is 5.96 Å². The van der Waals surface area contributed by atoms with E-state index in [0.717, 1.165) is 12.5 Å². The Bertz CT molecular complexity index is 577. The fourth-order valence-corrected chi connectivity index (χ4v) is 3.90. The molecule has 0 bridgehead atoms. The summed E-state index contributed by atoms with van der Waals surface area (Å²) in [4.78, 5) is 16.2. The molecule has 1 aromatic carbocycles. The third-order valence-electron chi connectivity index (χ3n) is 3.96. The van der Waals surface area contributed by atoms with Crippen molar-refractivity contribution in [1.82, 2.24) is 16.0 Å². The van der Waals surface area contributed by atoms with Crippen LogP contribution in [0.15, 0.2) is 29.3 Å². The second kappa shape index (κ2) is 11.1. The SMILES string of the molecule is CN=C(NCCNC(=O)c1ccc(Cl)cc1)NCC1(C)CCCS1.I. The van der Waals surface area contributed by atoms with Gasteiger partial charge in [-0.1, -0.05) is 11.6 Å². The standard InChI is InChI=1S/C17H25ClN4OS.HI/c1-17(8-3-11-24-17)12-22-16(19-2)21-10-9-20-15(23)13-4-6-14(18)7-5-13;/h4-7H,3,8-12H2,1-2H3,(H,20,23)(H2,19,21,22);1H. The van der Waals surface area contributed by atoms with E-state index in [4.69, 9.17) is 11.6 Å². The van der Waals surface area contributed by atoms with E-state index in [9.17, 15) is 4.79 Å². The van der Waals surface area contributed by atoms with Crippen LogP contribution >= 0.6 is 47.3 Å². The maximum atomic E-state index is 12.0. The summed E-state index contributed by atoms with van der Waals surface area (Å²) >= 11 is 7.83. The fourth-order valence-electron chi connectivity index (χ4n) is 2.53. The molecule has 0 spiro atoms. The normalized spacial score (nSPS) is 19.9. The molecule has 25 heavy (non-hydrogen) atoms. The van der Waals surface area contributed by atoms with Gasteiger partial charge in [-0.2, -0.15) is 11.8 Å². The number of nitrogens with zero attached hydrogens (tertiary/aromatic N) is 1. The number of halogens is 2. The van der Waals surface area contributed by atoms with Crippen LogP contribution < -0.4 is 16.0 Å². The van der Waals surface area contributed by atoms with E-state index in [-0.39, 0.29) is 29.9 Å². The Balaban J connectivity index is 0.00000312. The number of aliphatic imine (C=N–C) groups is 1. The third kappa shape index (κ3) is 7.62. The Kier molecular flexibility index (Phi) is 9.96. The molecule has 1 aromatic rings. The van der Waals surface area contributed by atoms with Crippen molar-refractivity contribution in [2.24, 2.45) is 4.99 Å². The molecule has 0 aromatic heterocycles. The van der Waals surface area contributed by atoms with E-state index >= 15 is 0 Å². The van der Waals surface area contributed by atoms with Crippen molar-refractivity contribution < 1.29 is 4.79 Å². The van der Waals surface area contributed by atoms with Gasteiger partial charge in [-0.25, -0.2) is 0 Å². The molecule has 1 fully saturated rings. The smallest absolute Gasteiger partial charge is 0.251 e. The van der Waals surface area contributed by atoms with Crippen LogP contribution in [0.2, 0.25) is 5.02 Å². The van der Waals surface area contributed by atoms with E-state index < -0.39 is 0 Å². The molecule has 5 nitrogen and oxygen atoms in total. The summed E-state index contributed by atoms with van der Waals surface area (Å²) in [6, 6.07) is 6.85. The van der Waals surface area contributed by atoms with Crippen LogP contribution in [0.3, 0.4) is 0 Å². The molecule has 140 valence electrons. The number of guanidine groups is 1. The maximum Gasteiger partial charge on any atom is 0.251 e. The van der Waals surface area contributed by atoms with Crippen LogP contribution in [-0.2, 0) is 0 Å². The largest absolute Gasteiger partial charge is 0.355 e. The van der Waals surface area contributed by atoms with Gasteiger partial charge in [0.2, 0.25) is 0 Å². The lowest BCUT2D eigenvalue weighted by Gasteiger charge is -2.24. The molecule has 0 radical (unpaired) electrons. The zero-order chi connectivity index (χ0) is 17.4. The van der Waals surface area contributed by atoms with Crippen molar-refractivity contribution >= 4 is 59.2 Å². The summed E-state index contributed by atoms with van der Waals surface area (Å²) in [6.07, 6.45) is 2.52. The minimum absolute atomic E-state index is 0. The lowest BCUT2D eigenvalue weighted by molar-refractivity contribution is 0.0954. The monoisotopic (exact) mass is 496 g/mol. The van der Waals surface area contributed by atoms with Gasteiger partial charge in [0.05, 0.1) is 0 Å². The molecule has 1 saturated heterocycles. The van der Waals surface area contributed by atoms with Crippen molar-refractivity contribution in [3.05, 3.63) is 34.9 Å². The Morgan fingerprint density at radius 2 is 1.92 bits per heavy atom. The van der Waals surface area contributed by atoms with Crippen molar-refractivity contribution in [3.8, 4) is 0 Å². The van der Waals surface area contributed by atoms with Crippen LogP contribution in [-0.4, -0.2) is 49.0 Å². The van der Waals surface area contributed by atoms with Gasteiger partial charge in [-0.3, -0.25) is 9.79 Å². The Labute approximate surface area is 176 Å². The third-order valence-corrected chi connectivity index (χ3v) is 5.75. The Morgan fingerprint density at radius 3 is 2.52 bits per heavy atom. The van der Waals surface area contributed by atoms with E-state index in [0.29, 0.717) is 28.4 Å². The van der Waals surface area contributed by atoms with Crippen LogP contribution in [0.1, 0.15) is 30.1 Å². The summed E-state index contributed by atoms with van der Waals surface area (Å²) < 4.78 is 0.292. The summed E-state index contributed by atoms with van der Waals surface area (Å²) in [7, 11) is 1.76. The van der Waals surface area contributed by atoms with Crippen LogP contribution in [0.4, 0.5) is 0 Å². The molecular formula is C17H26ClIN4OS. The van der Waals surface area contributed by atoms with Crippen molar-refractivity contribution in [2.45, 2.75) is 24.5 Å². The first-order chi connectivity index (χ1) is 11.5. The highest BCUT2D eigenvalue weighted by molar-refractivity contribution is 14.0. The minimum Gasteiger partial charge on any atom is -0.355 e. The van der Waals surface area contributed by atoms with Crippen LogP contribution in [0, 0.1) is 0 Å². The number of carbonyl (C=O) groups excluding carboxylic acids is 1. The molecule has 1 atom stereocenters. The van der Waals surface area contributed by atoms with Gasteiger partial charge in [0.1, 0.15) is 0 Å². The lowest BCUT2D eigenvalue weighted by atomic mass is 10.1. The molecule has 3 N–H and O–H groups in total. The van der Waals surface area contributed by atoms with Crippen molar-refractivity contribution in [2.75, 3.05) is 32.4 Å². The molecule has 1 aliphatic rings. The molecule has 1 heterocycles. The number of rotatable bonds is 6. The highest BCUT2D eigenvalue weighted by atomic mass is 127. The molecule has 8 heteroatoms. The van der Waals surface area contributed by atoms with Gasteiger partial charge in [-0.05, 0) is 49.8 Å². The van der Waals surface area contributed by atoms with Gasteiger partial charge < -0.3 is 16.0 Å². The predicted molar refractivity (Wildman–Crippen MR) is 119 cm³/mol. The molecule has 2 rings (SSSR count). The number of thioether (sulfide) groups is 1.